The fourth-order valence-electron chi connectivity index (χ4n) is 3.37. The summed E-state index contributed by atoms with van der Waals surface area (Å²) in [7, 11) is 1.75. The first-order valence-corrected chi connectivity index (χ1v) is 8.50. The molecule has 0 bridgehead atoms. The van der Waals surface area contributed by atoms with Crippen molar-refractivity contribution < 1.29 is 4.74 Å². The van der Waals surface area contributed by atoms with E-state index in [1.807, 2.05) is 6.92 Å². The average Bonchev–Trinajstić information content (AvgIpc) is 2.53. The number of methoxy groups -OCH3 is 1. The van der Waals surface area contributed by atoms with Gasteiger partial charge in [-0.05, 0) is 39.5 Å². The molecule has 2 rings (SSSR count). The largest absolute Gasteiger partial charge is 0.383 e. The van der Waals surface area contributed by atoms with Crippen molar-refractivity contribution in [1.29, 1.82) is 0 Å². The van der Waals surface area contributed by atoms with Crippen LogP contribution in [-0.2, 0) is 4.74 Å². The Morgan fingerprint density at radius 1 is 1.23 bits per heavy atom. The lowest BCUT2D eigenvalue weighted by molar-refractivity contribution is 0.0906. The van der Waals surface area contributed by atoms with Gasteiger partial charge < -0.3 is 15.4 Å². The molecular weight excluding hydrogens is 276 g/mol. The van der Waals surface area contributed by atoms with E-state index in [0.717, 1.165) is 43.1 Å². The zero-order chi connectivity index (χ0) is 16.1. The summed E-state index contributed by atoms with van der Waals surface area (Å²) < 4.78 is 5.55. The number of nitrogen functional groups attached to an aromatic ring is 1. The Morgan fingerprint density at radius 3 is 2.45 bits per heavy atom. The predicted octanol–water partition coefficient (Wildman–Crippen LogP) is 3.28. The maximum absolute atomic E-state index is 6.32. The second kappa shape index (κ2) is 7.77. The Bertz CT molecular complexity index is 463. The molecular formula is C17H30N4O. The van der Waals surface area contributed by atoms with Gasteiger partial charge in [0.1, 0.15) is 5.82 Å². The molecule has 1 aliphatic heterocycles. The Kier molecular flexibility index (Phi) is 6.00. The minimum atomic E-state index is 0.116. The molecule has 0 saturated carbocycles. The summed E-state index contributed by atoms with van der Waals surface area (Å²) in [4.78, 5) is 11.6. The first kappa shape index (κ1) is 17.0. The van der Waals surface area contributed by atoms with Crippen LogP contribution in [-0.4, -0.2) is 36.3 Å². The van der Waals surface area contributed by atoms with Crippen molar-refractivity contribution in [1.82, 2.24) is 9.97 Å². The molecule has 2 heterocycles. The molecule has 5 nitrogen and oxygen atoms in total. The molecule has 0 radical (unpaired) electrons. The highest BCUT2D eigenvalue weighted by molar-refractivity contribution is 5.50. The number of aryl methyl sites for hydroxylation is 1. The smallest absolute Gasteiger partial charge is 0.227 e. The number of nitrogens with two attached hydrogens (primary N) is 1. The van der Waals surface area contributed by atoms with E-state index in [9.17, 15) is 0 Å². The van der Waals surface area contributed by atoms with Crippen LogP contribution >= 0.6 is 0 Å². The molecule has 2 N–H and O–H groups in total. The highest BCUT2D eigenvalue weighted by atomic mass is 16.5. The van der Waals surface area contributed by atoms with Gasteiger partial charge in [-0.2, -0.15) is 4.98 Å². The molecule has 1 saturated heterocycles. The van der Waals surface area contributed by atoms with Gasteiger partial charge in [-0.1, -0.05) is 13.3 Å². The molecule has 2 unspecified atom stereocenters. The minimum Gasteiger partial charge on any atom is -0.383 e. The summed E-state index contributed by atoms with van der Waals surface area (Å²) in [6.07, 6.45) is 5.96. The van der Waals surface area contributed by atoms with Crippen molar-refractivity contribution in [3.8, 4) is 0 Å². The SMILES string of the molecule is CCCC(c1c(C)nc(N2CCCCC2)nc1N)C(C)OC. The third kappa shape index (κ3) is 3.69. The maximum atomic E-state index is 6.32. The minimum absolute atomic E-state index is 0.116. The number of nitrogens with zero attached hydrogens (tertiary/aromatic N) is 3. The number of rotatable bonds is 6. The Labute approximate surface area is 134 Å². The molecule has 22 heavy (non-hydrogen) atoms. The van der Waals surface area contributed by atoms with Gasteiger partial charge in [-0.15, -0.1) is 0 Å². The van der Waals surface area contributed by atoms with E-state index < -0.39 is 0 Å². The highest BCUT2D eigenvalue weighted by Gasteiger charge is 2.25. The van der Waals surface area contributed by atoms with Gasteiger partial charge in [0.25, 0.3) is 0 Å². The topological polar surface area (TPSA) is 64.3 Å². The van der Waals surface area contributed by atoms with E-state index in [0.29, 0.717) is 5.82 Å². The van der Waals surface area contributed by atoms with Crippen molar-refractivity contribution >= 4 is 11.8 Å². The van der Waals surface area contributed by atoms with Gasteiger partial charge in [-0.3, -0.25) is 0 Å². The zero-order valence-electron chi connectivity index (χ0n) is 14.4. The van der Waals surface area contributed by atoms with Crippen molar-refractivity contribution in [2.45, 2.75) is 64.9 Å². The van der Waals surface area contributed by atoms with Crippen molar-refractivity contribution in [2.24, 2.45) is 0 Å². The van der Waals surface area contributed by atoms with Gasteiger partial charge in [0.15, 0.2) is 0 Å². The number of hydrogen-bond acceptors (Lipinski definition) is 5. The third-order valence-corrected chi connectivity index (χ3v) is 4.70. The Morgan fingerprint density at radius 2 is 1.91 bits per heavy atom. The van der Waals surface area contributed by atoms with Crippen LogP contribution in [0.25, 0.3) is 0 Å². The van der Waals surface area contributed by atoms with E-state index in [4.69, 9.17) is 15.5 Å². The lowest BCUT2D eigenvalue weighted by Gasteiger charge is -2.29. The molecule has 124 valence electrons. The van der Waals surface area contributed by atoms with Crippen LogP contribution in [0.2, 0.25) is 0 Å². The molecule has 2 atom stereocenters. The lowest BCUT2D eigenvalue weighted by atomic mass is 9.89. The summed E-state index contributed by atoms with van der Waals surface area (Å²) in [6.45, 7) is 8.39. The predicted molar refractivity (Wildman–Crippen MR) is 91.4 cm³/mol. The van der Waals surface area contributed by atoms with Gasteiger partial charge in [-0.25, -0.2) is 4.98 Å². The second-order valence-corrected chi connectivity index (χ2v) is 6.29. The van der Waals surface area contributed by atoms with Crippen molar-refractivity contribution in [2.75, 3.05) is 30.8 Å². The maximum Gasteiger partial charge on any atom is 0.227 e. The van der Waals surface area contributed by atoms with E-state index in [-0.39, 0.29) is 12.0 Å². The number of anilines is 2. The summed E-state index contributed by atoms with van der Waals surface area (Å²) >= 11 is 0. The summed E-state index contributed by atoms with van der Waals surface area (Å²) in [5, 5.41) is 0. The van der Waals surface area contributed by atoms with Crippen LogP contribution in [0.5, 0.6) is 0 Å². The molecule has 1 aromatic heterocycles. The Hall–Kier alpha value is -1.36. The third-order valence-electron chi connectivity index (χ3n) is 4.70. The molecule has 1 aliphatic rings. The molecule has 0 amide bonds. The quantitative estimate of drug-likeness (QED) is 0.874. The summed E-state index contributed by atoms with van der Waals surface area (Å²) in [5.41, 5.74) is 8.38. The van der Waals surface area contributed by atoms with Crippen LogP contribution in [0.15, 0.2) is 0 Å². The normalized spacial score (nSPS) is 18.3. The van der Waals surface area contributed by atoms with Crippen molar-refractivity contribution in [3.63, 3.8) is 0 Å². The first-order chi connectivity index (χ1) is 10.6. The molecule has 1 fully saturated rings. The molecule has 0 spiro atoms. The highest BCUT2D eigenvalue weighted by Crippen LogP contribution is 2.33. The van der Waals surface area contributed by atoms with Gasteiger partial charge in [0.05, 0.1) is 6.10 Å². The zero-order valence-corrected chi connectivity index (χ0v) is 14.4. The van der Waals surface area contributed by atoms with Gasteiger partial charge in [0, 0.05) is 37.4 Å². The monoisotopic (exact) mass is 306 g/mol. The van der Waals surface area contributed by atoms with Crippen LogP contribution < -0.4 is 10.6 Å². The number of aromatic nitrogens is 2. The Balaban J connectivity index is 2.32. The van der Waals surface area contributed by atoms with E-state index in [2.05, 4.69) is 23.7 Å². The van der Waals surface area contributed by atoms with Gasteiger partial charge >= 0.3 is 0 Å². The molecule has 0 aliphatic carbocycles. The average molecular weight is 306 g/mol. The van der Waals surface area contributed by atoms with E-state index in [1.54, 1.807) is 7.11 Å². The standard InChI is InChI=1S/C17H30N4O/c1-5-9-14(13(3)22-4)15-12(2)19-17(20-16(15)18)21-10-7-6-8-11-21/h13-14H,5-11H2,1-4H3,(H2,18,19,20). The molecule has 5 heteroatoms. The van der Waals surface area contributed by atoms with Crippen LogP contribution in [0.3, 0.4) is 0 Å². The number of ether oxygens (including phenoxy) is 1. The molecule has 1 aromatic rings. The van der Waals surface area contributed by atoms with E-state index >= 15 is 0 Å². The first-order valence-electron chi connectivity index (χ1n) is 8.50. The summed E-state index contributed by atoms with van der Waals surface area (Å²) in [5.74, 6) is 1.67. The van der Waals surface area contributed by atoms with Crippen LogP contribution in [0.4, 0.5) is 11.8 Å². The fraction of sp³-hybridized carbons (Fsp3) is 0.765. The number of hydrogen-bond donors (Lipinski definition) is 1. The summed E-state index contributed by atoms with van der Waals surface area (Å²) in [6, 6.07) is 0. The van der Waals surface area contributed by atoms with Crippen LogP contribution in [0.1, 0.15) is 63.1 Å². The van der Waals surface area contributed by atoms with Gasteiger partial charge in [0.2, 0.25) is 5.95 Å². The molecule has 0 aromatic carbocycles. The van der Waals surface area contributed by atoms with E-state index in [1.165, 1.54) is 19.3 Å². The van der Waals surface area contributed by atoms with Crippen molar-refractivity contribution in [3.05, 3.63) is 11.3 Å². The second-order valence-electron chi connectivity index (χ2n) is 6.29. The van der Waals surface area contributed by atoms with Crippen LogP contribution in [0, 0.1) is 6.92 Å². The lowest BCUT2D eigenvalue weighted by Crippen LogP contribution is -2.32. The fourth-order valence-corrected chi connectivity index (χ4v) is 3.37. The number of piperidine rings is 1.